The molecule has 3 rings (SSSR count). The van der Waals surface area contributed by atoms with Crippen molar-refractivity contribution in [3.8, 4) is 11.6 Å². The molecule has 3 amide bonds. The summed E-state index contributed by atoms with van der Waals surface area (Å²) in [5.74, 6) is 1.07. The molecule has 0 aliphatic carbocycles. The van der Waals surface area contributed by atoms with E-state index in [9.17, 15) is 9.59 Å². The molecule has 29 heavy (non-hydrogen) atoms. The molecule has 7 heteroatoms. The lowest BCUT2D eigenvalue weighted by Crippen LogP contribution is -2.45. The Labute approximate surface area is 171 Å². The molecule has 0 saturated carbocycles. The Morgan fingerprint density at radius 2 is 1.83 bits per heavy atom. The van der Waals surface area contributed by atoms with Gasteiger partial charge in [-0.1, -0.05) is 6.07 Å². The Morgan fingerprint density at radius 1 is 1.10 bits per heavy atom. The van der Waals surface area contributed by atoms with E-state index < -0.39 is 0 Å². The highest BCUT2D eigenvalue weighted by Gasteiger charge is 2.28. The average molecular weight is 396 g/mol. The Morgan fingerprint density at radius 3 is 2.41 bits per heavy atom. The number of ether oxygens (including phenoxy) is 1. The third-order valence-electron chi connectivity index (χ3n) is 5.22. The number of hydrogen-bond donors (Lipinski definition) is 1. The number of nitrogens with zero attached hydrogens (tertiary/aromatic N) is 3. The number of piperidine rings is 1. The monoisotopic (exact) mass is 396 g/mol. The Hall–Kier alpha value is -3.09. The highest BCUT2D eigenvalue weighted by Crippen LogP contribution is 2.24. The number of nitrogens with one attached hydrogen (secondary N) is 1. The third kappa shape index (κ3) is 5.25. The number of benzene rings is 1. The van der Waals surface area contributed by atoms with E-state index in [0.29, 0.717) is 37.5 Å². The van der Waals surface area contributed by atoms with E-state index in [0.717, 1.165) is 11.3 Å². The van der Waals surface area contributed by atoms with Gasteiger partial charge in [0.15, 0.2) is 0 Å². The van der Waals surface area contributed by atoms with Crippen LogP contribution in [0.5, 0.6) is 11.6 Å². The topological polar surface area (TPSA) is 74.8 Å². The van der Waals surface area contributed by atoms with Gasteiger partial charge in [-0.15, -0.1) is 0 Å². The number of rotatable bonds is 4. The summed E-state index contributed by atoms with van der Waals surface area (Å²) in [6, 6.07) is 9.41. The first-order chi connectivity index (χ1) is 13.8. The summed E-state index contributed by atoms with van der Waals surface area (Å²) >= 11 is 0. The van der Waals surface area contributed by atoms with E-state index in [2.05, 4.69) is 17.2 Å². The zero-order chi connectivity index (χ0) is 21.0. The first-order valence-electron chi connectivity index (χ1n) is 9.81. The molecule has 0 atom stereocenters. The number of carbonyl (C=O) groups is 2. The fourth-order valence-electron chi connectivity index (χ4n) is 3.27. The lowest BCUT2D eigenvalue weighted by atomic mass is 9.96. The van der Waals surface area contributed by atoms with Crippen LogP contribution in [0.2, 0.25) is 0 Å². The molecule has 1 fully saturated rings. The fourth-order valence-corrected chi connectivity index (χ4v) is 3.27. The number of urea groups is 1. The van der Waals surface area contributed by atoms with Crippen LogP contribution in [0.1, 0.15) is 24.0 Å². The number of aryl methyl sites for hydroxylation is 2. The SMILES string of the molecule is Cc1ccc(Oc2ccc(NC(=O)C3CCN(C(=O)N(C)C)CC3)cn2)cc1C. The van der Waals surface area contributed by atoms with Crippen LogP contribution in [0.25, 0.3) is 0 Å². The van der Waals surface area contributed by atoms with Gasteiger partial charge >= 0.3 is 6.03 Å². The number of pyridine rings is 1. The van der Waals surface area contributed by atoms with E-state index in [1.54, 1.807) is 42.2 Å². The van der Waals surface area contributed by atoms with E-state index in [1.807, 2.05) is 25.1 Å². The second kappa shape index (κ2) is 8.94. The van der Waals surface area contributed by atoms with Gasteiger partial charge in [0.2, 0.25) is 11.8 Å². The van der Waals surface area contributed by atoms with Crippen LogP contribution in [0, 0.1) is 19.8 Å². The lowest BCUT2D eigenvalue weighted by molar-refractivity contribution is -0.121. The first kappa shape index (κ1) is 20.6. The second-order valence-electron chi connectivity index (χ2n) is 7.66. The van der Waals surface area contributed by atoms with Crippen LogP contribution in [0.15, 0.2) is 36.5 Å². The standard InChI is InChI=1S/C22H28N4O3/c1-15-5-7-19(13-16(15)2)29-20-8-6-18(14-23-20)24-21(27)17-9-11-26(12-10-17)22(28)25(3)4/h5-8,13-14,17H,9-12H2,1-4H3,(H,24,27). The molecule has 0 unspecified atom stereocenters. The molecule has 154 valence electrons. The van der Waals surface area contributed by atoms with E-state index >= 15 is 0 Å². The number of carbonyl (C=O) groups excluding carboxylic acids is 2. The maximum absolute atomic E-state index is 12.5. The van der Waals surface area contributed by atoms with Crippen molar-refractivity contribution in [1.82, 2.24) is 14.8 Å². The van der Waals surface area contributed by atoms with Crippen molar-refractivity contribution >= 4 is 17.6 Å². The molecular weight excluding hydrogens is 368 g/mol. The van der Waals surface area contributed by atoms with Crippen LogP contribution < -0.4 is 10.1 Å². The van der Waals surface area contributed by atoms with Crippen LogP contribution in [0.3, 0.4) is 0 Å². The van der Waals surface area contributed by atoms with Crippen molar-refractivity contribution in [2.24, 2.45) is 5.92 Å². The average Bonchev–Trinajstić information content (AvgIpc) is 2.71. The molecule has 1 saturated heterocycles. The van der Waals surface area contributed by atoms with Crippen LogP contribution in [0.4, 0.5) is 10.5 Å². The highest BCUT2D eigenvalue weighted by molar-refractivity contribution is 5.92. The minimum absolute atomic E-state index is 0.00702. The Bertz CT molecular complexity index is 872. The molecule has 0 spiro atoms. The summed E-state index contributed by atoms with van der Waals surface area (Å²) in [6.45, 7) is 5.28. The minimum atomic E-state index is -0.104. The minimum Gasteiger partial charge on any atom is -0.439 e. The Kier molecular flexibility index (Phi) is 6.36. The normalized spacial score (nSPS) is 14.4. The lowest BCUT2D eigenvalue weighted by Gasteiger charge is -2.33. The maximum Gasteiger partial charge on any atom is 0.319 e. The third-order valence-corrected chi connectivity index (χ3v) is 5.22. The summed E-state index contributed by atoms with van der Waals surface area (Å²) < 4.78 is 5.78. The predicted molar refractivity (Wildman–Crippen MR) is 112 cm³/mol. The molecule has 2 aromatic rings. The molecule has 0 radical (unpaired) electrons. The summed E-state index contributed by atoms with van der Waals surface area (Å²) in [5.41, 5.74) is 3.00. The zero-order valence-corrected chi connectivity index (χ0v) is 17.4. The van der Waals surface area contributed by atoms with Crippen molar-refractivity contribution in [1.29, 1.82) is 0 Å². The molecule has 0 bridgehead atoms. The van der Waals surface area contributed by atoms with E-state index in [4.69, 9.17) is 4.74 Å². The summed E-state index contributed by atoms with van der Waals surface area (Å²) in [7, 11) is 3.48. The van der Waals surface area contributed by atoms with Crippen molar-refractivity contribution in [2.45, 2.75) is 26.7 Å². The number of hydrogen-bond acceptors (Lipinski definition) is 4. The van der Waals surface area contributed by atoms with Gasteiger partial charge in [-0.3, -0.25) is 4.79 Å². The van der Waals surface area contributed by atoms with Gasteiger partial charge in [0, 0.05) is 39.2 Å². The summed E-state index contributed by atoms with van der Waals surface area (Å²) in [6.07, 6.45) is 2.92. The summed E-state index contributed by atoms with van der Waals surface area (Å²) in [5, 5.41) is 2.92. The number of amides is 3. The van der Waals surface area contributed by atoms with Gasteiger partial charge < -0.3 is 19.9 Å². The van der Waals surface area contributed by atoms with Gasteiger partial charge in [0.25, 0.3) is 0 Å². The molecule has 1 aliphatic rings. The molecule has 7 nitrogen and oxygen atoms in total. The van der Waals surface area contributed by atoms with E-state index in [1.165, 1.54) is 5.56 Å². The van der Waals surface area contributed by atoms with Crippen LogP contribution >= 0.6 is 0 Å². The molecule has 1 aromatic heterocycles. The van der Waals surface area contributed by atoms with Gasteiger partial charge in [-0.05, 0) is 56.0 Å². The maximum atomic E-state index is 12.5. The second-order valence-corrected chi connectivity index (χ2v) is 7.66. The molecular formula is C22H28N4O3. The van der Waals surface area contributed by atoms with Gasteiger partial charge in [-0.2, -0.15) is 0 Å². The van der Waals surface area contributed by atoms with Gasteiger partial charge in [-0.25, -0.2) is 9.78 Å². The zero-order valence-electron chi connectivity index (χ0n) is 17.4. The van der Waals surface area contributed by atoms with Crippen molar-refractivity contribution in [3.05, 3.63) is 47.7 Å². The molecule has 1 aromatic carbocycles. The number of anilines is 1. The summed E-state index contributed by atoms with van der Waals surface area (Å²) in [4.78, 5) is 32.2. The van der Waals surface area contributed by atoms with Gasteiger partial charge in [0.1, 0.15) is 5.75 Å². The van der Waals surface area contributed by atoms with Crippen molar-refractivity contribution in [2.75, 3.05) is 32.5 Å². The molecule has 2 heterocycles. The van der Waals surface area contributed by atoms with Crippen molar-refractivity contribution < 1.29 is 14.3 Å². The highest BCUT2D eigenvalue weighted by atomic mass is 16.5. The van der Waals surface area contributed by atoms with Crippen molar-refractivity contribution in [3.63, 3.8) is 0 Å². The smallest absolute Gasteiger partial charge is 0.319 e. The quantitative estimate of drug-likeness (QED) is 0.852. The number of likely N-dealkylation sites (tertiary alicyclic amines) is 1. The predicted octanol–water partition coefficient (Wildman–Crippen LogP) is 3.82. The van der Waals surface area contributed by atoms with E-state index in [-0.39, 0.29) is 17.9 Å². The van der Waals surface area contributed by atoms with Crippen LogP contribution in [-0.2, 0) is 4.79 Å². The fraction of sp³-hybridized carbons (Fsp3) is 0.409. The largest absolute Gasteiger partial charge is 0.439 e. The molecule has 1 aliphatic heterocycles. The van der Waals surface area contributed by atoms with Gasteiger partial charge in [0.05, 0.1) is 11.9 Å². The Balaban J connectivity index is 1.52. The molecule has 1 N–H and O–H groups in total. The van der Waals surface area contributed by atoms with Crippen LogP contribution in [-0.4, -0.2) is 53.9 Å². The number of aromatic nitrogens is 1. The first-order valence-corrected chi connectivity index (χ1v) is 9.81.